The van der Waals surface area contributed by atoms with E-state index in [0.29, 0.717) is 28.5 Å². The predicted octanol–water partition coefficient (Wildman–Crippen LogP) is 5.91. The highest BCUT2D eigenvalue weighted by molar-refractivity contribution is 6.04. The van der Waals surface area contributed by atoms with Crippen LogP contribution in [0.4, 0.5) is 5.69 Å². The maximum atomic E-state index is 12.4. The zero-order valence-electron chi connectivity index (χ0n) is 19.5. The Labute approximate surface area is 204 Å². The number of benzene rings is 4. The molecule has 0 saturated carbocycles. The molecule has 0 saturated heterocycles. The van der Waals surface area contributed by atoms with Crippen molar-refractivity contribution in [3.8, 4) is 28.4 Å². The van der Waals surface area contributed by atoms with Crippen LogP contribution in [0.1, 0.15) is 15.9 Å². The van der Waals surface area contributed by atoms with Crippen molar-refractivity contribution in [2.75, 3.05) is 19.0 Å². The molecule has 0 bridgehead atoms. The molecule has 0 aromatic heterocycles. The van der Waals surface area contributed by atoms with Crippen LogP contribution in [-0.4, -0.2) is 25.6 Å². The fourth-order valence-corrected chi connectivity index (χ4v) is 3.34. The van der Waals surface area contributed by atoms with Gasteiger partial charge in [-0.2, -0.15) is 0 Å². The first kappa shape index (κ1) is 23.6. The van der Waals surface area contributed by atoms with Crippen molar-refractivity contribution in [1.82, 2.24) is 0 Å². The Morgan fingerprint density at radius 1 is 0.686 bits per heavy atom. The van der Waals surface area contributed by atoms with Gasteiger partial charge in [0.2, 0.25) is 0 Å². The van der Waals surface area contributed by atoms with Crippen LogP contribution in [0.25, 0.3) is 11.1 Å². The highest BCUT2D eigenvalue weighted by atomic mass is 16.6. The minimum Gasteiger partial charge on any atom is -0.497 e. The Morgan fingerprint density at radius 2 is 1.23 bits per heavy atom. The first-order valence-corrected chi connectivity index (χ1v) is 11.1. The third-order valence-electron chi connectivity index (χ3n) is 5.29. The second-order valence-electron chi connectivity index (χ2n) is 7.86. The number of rotatable bonds is 8. The van der Waals surface area contributed by atoms with Gasteiger partial charge < -0.3 is 19.5 Å². The summed E-state index contributed by atoms with van der Waals surface area (Å²) in [5, 5.41) is 2.80. The van der Waals surface area contributed by atoms with Gasteiger partial charge in [0, 0.05) is 11.3 Å². The van der Waals surface area contributed by atoms with Gasteiger partial charge in [0.05, 0.1) is 7.11 Å². The van der Waals surface area contributed by atoms with Crippen LogP contribution >= 0.6 is 0 Å². The third-order valence-corrected chi connectivity index (χ3v) is 5.29. The standard InChI is InChI=1S/C29H25NO5/c1-20-3-5-21(6-4-20)22-7-13-26(14-8-22)34-19-28(31)35-27-15-9-23(10-16-27)29(32)30-24-11-17-25(33-2)18-12-24/h3-18H,19H2,1-2H3,(H,30,32). The number of anilines is 1. The van der Waals surface area contributed by atoms with Crippen LogP contribution in [0, 0.1) is 6.92 Å². The molecule has 4 rings (SSSR count). The number of aryl methyl sites for hydroxylation is 1. The van der Waals surface area contributed by atoms with Crippen molar-refractivity contribution in [3.63, 3.8) is 0 Å². The smallest absolute Gasteiger partial charge is 0.349 e. The number of amides is 1. The van der Waals surface area contributed by atoms with Gasteiger partial charge in [0.15, 0.2) is 6.61 Å². The molecular weight excluding hydrogens is 442 g/mol. The van der Waals surface area contributed by atoms with E-state index in [1.807, 2.05) is 24.3 Å². The van der Waals surface area contributed by atoms with Crippen LogP contribution in [0.15, 0.2) is 97.1 Å². The van der Waals surface area contributed by atoms with E-state index in [-0.39, 0.29) is 12.5 Å². The number of hydrogen-bond donors (Lipinski definition) is 1. The molecule has 0 aliphatic heterocycles. The number of carbonyl (C=O) groups excluding carboxylic acids is 2. The predicted molar refractivity (Wildman–Crippen MR) is 135 cm³/mol. The Morgan fingerprint density at radius 3 is 1.83 bits per heavy atom. The van der Waals surface area contributed by atoms with Gasteiger partial charge >= 0.3 is 5.97 Å². The van der Waals surface area contributed by atoms with E-state index in [1.165, 1.54) is 5.56 Å². The van der Waals surface area contributed by atoms with Crippen molar-refractivity contribution >= 4 is 17.6 Å². The fraction of sp³-hybridized carbons (Fsp3) is 0.103. The summed E-state index contributed by atoms with van der Waals surface area (Å²) in [6, 6.07) is 29.1. The molecule has 0 atom stereocenters. The second kappa shape index (κ2) is 11.0. The van der Waals surface area contributed by atoms with Crippen LogP contribution < -0.4 is 19.5 Å². The maximum Gasteiger partial charge on any atom is 0.349 e. The summed E-state index contributed by atoms with van der Waals surface area (Å²) in [6.45, 7) is 1.82. The highest BCUT2D eigenvalue weighted by Crippen LogP contribution is 2.23. The zero-order valence-corrected chi connectivity index (χ0v) is 19.5. The molecule has 6 heteroatoms. The molecular formula is C29H25NO5. The summed E-state index contributed by atoms with van der Waals surface area (Å²) < 4.78 is 16.0. The van der Waals surface area contributed by atoms with Gasteiger partial charge in [0.1, 0.15) is 17.2 Å². The first-order chi connectivity index (χ1) is 17.0. The second-order valence-corrected chi connectivity index (χ2v) is 7.86. The van der Waals surface area contributed by atoms with Gasteiger partial charge in [0.25, 0.3) is 5.91 Å². The van der Waals surface area contributed by atoms with Gasteiger partial charge in [-0.3, -0.25) is 4.79 Å². The number of hydrogen-bond acceptors (Lipinski definition) is 5. The number of methoxy groups -OCH3 is 1. The molecule has 176 valence electrons. The van der Waals surface area contributed by atoms with Crippen molar-refractivity contribution < 1.29 is 23.8 Å². The van der Waals surface area contributed by atoms with Gasteiger partial charge in [-0.25, -0.2) is 4.79 Å². The van der Waals surface area contributed by atoms with Crippen molar-refractivity contribution in [2.45, 2.75) is 6.92 Å². The normalized spacial score (nSPS) is 10.3. The Bertz CT molecular complexity index is 1280. The van der Waals surface area contributed by atoms with E-state index in [0.717, 1.165) is 11.1 Å². The quantitative estimate of drug-likeness (QED) is 0.258. The summed E-state index contributed by atoms with van der Waals surface area (Å²) in [6.07, 6.45) is 0. The number of nitrogens with one attached hydrogen (secondary N) is 1. The lowest BCUT2D eigenvalue weighted by atomic mass is 10.0. The molecule has 6 nitrogen and oxygen atoms in total. The Balaban J connectivity index is 1.26. The number of esters is 1. The molecule has 0 heterocycles. The van der Waals surface area contributed by atoms with Crippen LogP contribution in [-0.2, 0) is 4.79 Å². The van der Waals surface area contributed by atoms with Gasteiger partial charge in [-0.15, -0.1) is 0 Å². The van der Waals surface area contributed by atoms with Crippen LogP contribution in [0.2, 0.25) is 0 Å². The lowest BCUT2D eigenvalue weighted by molar-refractivity contribution is -0.136. The number of ether oxygens (including phenoxy) is 3. The Kier molecular flexibility index (Phi) is 7.43. The summed E-state index contributed by atoms with van der Waals surface area (Å²) in [4.78, 5) is 24.6. The molecule has 1 amide bonds. The van der Waals surface area contributed by atoms with E-state index in [1.54, 1.807) is 55.6 Å². The molecule has 1 N–H and O–H groups in total. The minimum absolute atomic E-state index is 0.233. The molecule has 4 aromatic carbocycles. The van der Waals surface area contributed by atoms with E-state index >= 15 is 0 Å². The zero-order chi connectivity index (χ0) is 24.6. The summed E-state index contributed by atoms with van der Waals surface area (Å²) >= 11 is 0. The summed E-state index contributed by atoms with van der Waals surface area (Å²) in [7, 11) is 1.58. The van der Waals surface area contributed by atoms with Crippen LogP contribution in [0.3, 0.4) is 0 Å². The summed E-state index contributed by atoms with van der Waals surface area (Å²) in [5.74, 6) is 0.795. The largest absolute Gasteiger partial charge is 0.497 e. The maximum absolute atomic E-state index is 12.4. The molecule has 0 aliphatic carbocycles. The highest BCUT2D eigenvalue weighted by Gasteiger charge is 2.10. The van der Waals surface area contributed by atoms with Crippen molar-refractivity contribution in [2.24, 2.45) is 0 Å². The van der Waals surface area contributed by atoms with E-state index in [4.69, 9.17) is 14.2 Å². The average molecular weight is 468 g/mol. The molecule has 0 spiro atoms. The van der Waals surface area contributed by atoms with E-state index in [9.17, 15) is 9.59 Å². The van der Waals surface area contributed by atoms with Gasteiger partial charge in [-0.1, -0.05) is 42.0 Å². The van der Waals surface area contributed by atoms with E-state index in [2.05, 4.69) is 36.5 Å². The molecule has 0 radical (unpaired) electrons. The monoisotopic (exact) mass is 467 g/mol. The third kappa shape index (κ3) is 6.48. The summed E-state index contributed by atoms with van der Waals surface area (Å²) in [5.41, 5.74) is 4.47. The molecule has 0 unspecified atom stereocenters. The fourth-order valence-electron chi connectivity index (χ4n) is 3.34. The van der Waals surface area contributed by atoms with Crippen molar-refractivity contribution in [3.05, 3.63) is 108 Å². The van der Waals surface area contributed by atoms with E-state index < -0.39 is 5.97 Å². The Hall–Kier alpha value is -4.58. The van der Waals surface area contributed by atoms with Crippen LogP contribution in [0.5, 0.6) is 17.2 Å². The van der Waals surface area contributed by atoms with Crippen molar-refractivity contribution in [1.29, 1.82) is 0 Å². The molecule has 4 aromatic rings. The molecule has 0 aliphatic rings. The lowest BCUT2D eigenvalue weighted by Crippen LogP contribution is -2.18. The number of carbonyl (C=O) groups is 2. The minimum atomic E-state index is -0.539. The average Bonchev–Trinajstić information content (AvgIpc) is 2.89. The van der Waals surface area contributed by atoms with Gasteiger partial charge in [-0.05, 0) is 78.7 Å². The topological polar surface area (TPSA) is 73.9 Å². The SMILES string of the molecule is COc1ccc(NC(=O)c2ccc(OC(=O)COc3ccc(-c4ccc(C)cc4)cc3)cc2)cc1. The molecule has 0 fully saturated rings. The first-order valence-electron chi connectivity index (χ1n) is 11.1. The molecule has 35 heavy (non-hydrogen) atoms. The lowest BCUT2D eigenvalue weighted by Gasteiger charge is -2.09.